The lowest BCUT2D eigenvalue weighted by atomic mass is 10.0. The van der Waals surface area contributed by atoms with Gasteiger partial charge in [0.15, 0.2) is 5.96 Å². The molecule has 0 fully saturated rings. The van der Waals surface area contributed by atoms with E-state index in [4.69, 9.17) is 0 Å². The van der Waals surface area contributed by atoms with E-state index < -0.39 is 11.6 Å². The van der Waals surface area contributed by atoms with Gasteiger partial charge in [0.2, 0.25) is 0 Å². The summed E-state index contributed by atoms with van der Waals surface area (Å²) in [5.41, 5.74) is 0.485. The van der Waals surface area contributed by atoms with E-state index >= 15 is 0 Å². The first-order valence-corrected chi connectivity index (χ1v) is 9.18. The van der Waals surface area contributed by atoms with Crippen LogP contribution in [0.15, 0.2) is 29.4 Å². The topological polar surface area (TPSA) is 49.3 Å². The summed E-state index contributed by atoms with van der Waals surface area (Å²) in [5, 5.41) is 7.50. The summed E-state index contributed by atoms with van der Waals surface area (Å²) in [7, 11) is 1.69. The second-order valence-electron chi connectivity index (χ2n) is 5.77. The number of guanidine groups is 1. The van der Waals surface area contributed by atoms with E-state index in [0.717, 1.165) is 30.5 Å². The zero-order chi connectivity index (χ0) is 18.2. The fourth-order valence-corrected chi connectivity index (χ4v) is 3.26. The Morgan fingerprint density at radius 2 is 2.08 bits per heavy atom. The number of thiazole rings is 1. The summed E-state index contributed by atoms with van der Waals surface area (Å²) >= 11 is 1.73. The molecule has 0 radical (unpaired) electrons. The van der Waals surface area contributed by atoms with Gasteiger partial charge in [-0.15, -0.1) is 35.3 Å². The van der Waals surface area contributed by atoms with E-state index in [1.165, 1.54) is 17.0 Å². The fraction of sp³-hybridized carbons (Fsp3) is 0.444. The molecule has 0 aliphatic rings. The number of benzene rings is 1. The standard InChI is InChI=1S/C18H24F2N4S.HI/c1-4-14-11-23-17(25-14)7-8-22-18(21-3)24-10-12(2)15-6-5-13(19)9-16(15)20;/h5-6,9,11-12H,4,7-8,10H2,1-3H3,(H2,21,22,24);1H. The largest absolute Gasteiger partial charge is 0.356 e. The minimum absolute atomic E-state index is 0. The van der Waals surface area contributed by atoms with Crippen LogP contribution in [0.1, 0.15) is 35.2 Å². The molecule has 0 spiro atoms. The number of halogens is 3. The van der Waals surface area contributed by atoms with E-state index in [9.17, 15) is 8.78 Å². The van der Waals surface area contributed by atoms with Crippen molar-refractivity contribution in [3.05, 3.63) is 51.5 Å². The Hall–Kier alpha value is -1.29. The summed E-state index contributed by atoms with van der Waals surface area (Å²) in [4.78, 5) is 9.84. The van der Waals surface area contributed by atoms with Crippen molar-refractivity contribution < 1.29 is 8.78 Å². The second-order valence-corrected chi connectivity index (χ2v) is 6.97. The molecule has 4 nitrogen and oxygen atoms in total. The third kappa shape index (κ3) is 6.79. The first-order chi connectivity index (χ1) is 12.0. The number of rotatable bonds is 7. The number of aryl methyl sites for hydroxylation is 1. The Morgan fingerprint density at radius 1 is 1.31 bits per heavy atom. The van der Waals surface area contributed by atoms with Crippen molar-refractivity contribution in [3.8, 4) is 0 Å². The minimum atomic E-state index is -0.563. The average Bonchev–Trinajstić information content (AvgIpc) is 3.05. The Morgan fingerprint density at radius 3 is 2.69 bits per heavy atom. The van der Waals surface area contributed by atoms with Gasteiger partial charge in [0.1, 0.15) is 11.6 Å². The lowest BCUT2D eigenvalue weighted by Gasteiger charge is -2.16. The lowest BCUT2D eigenvalue weighted by Crippen LogP contribution is -2.40. The quantitative estimate of drug-likeness (QED) is 0.346. The van der Waals surface area contributed by atoms with Crippen LogP contribution in [-0.4, -0.2) is 31.1 Å². The van der Waals surface area contributed by atoms with E-state index in [-0.39, 0.29) is 29.9 Å². The summed E-state index contributed by atoms with van der Waals surface area (Å²) in [5.74, 6) is -0.535. The van der Waals surface area contributed by atoms with Crippen LogP contribution in [0.5, 0.6) is 0 Å². The van der Waals surface area contributed by atoms with E-state index in [1.54, 1.807) is 18.4 Å². The predicted octanol–water partition coefficient (Wildman–Crippen LogP) is 4.11. The van der Waals surface area contributed by atoms with Crippen molar-refractivity contribution in [3.63, 3.8) is 0 Å². The van der Waals surface area contributed by atoms with Crippen LogP contribution in [0.25, 0.3) is 0 Å². The molecule has 2 aromatic rings. The molecule has 1 aromatic heterocycles. The number of hydrogen-bond acceptors (Lipinski definition) is 3. The second kappa shape index (κ2) is 11.4. The Kier molecular flexibility index (Phi) is 10.0. The van der Waals surface area contributed by atoms with E-state index in [0.29, 0.717) is 18.1 Å². The van der Waals surface area contributed by atoms with Crippen molar-refractivity contribution in [2.24, 2.45) is 4.99 Å². The molecular formula is C18H25F2IN4S. The molecule has 0 saturated carbocycles. The molecule has 1 atom stereocenters. The maximum absolute atomic E-state index is 13.8. The zero-order valence-corrected chi connectivity index (χ0v) is 18.3. The molecule has 1 heterocycles. The summed E-state index contributed by atoms with van der Waals surface area (Å²) < 4.78 is 26.8. The third-order valence-corrected chi connectivity index (χ3v) is 5.08. The molecule has 144 valence electrons. The van der Waals surface area contributed by atoms with Crippen molar-refractivity contribution >= 4 is 41.3 Å². The number of aliphatic imine (C=N–C) groups is 1. The molecule has 2 rings (SSSR count). The third-order valence-electron chi connectivity index (χ3n) is 3.87. The highest BCUT2D eigenvalue weighted by molar-refractivity contribution is 14.0. The first kappa shape index (κ1) is 22.8. The fourth-order valence-electron chi connectivity index (χ4n) is 2.40. The Balaban J connectivity index is 0.00000338. The van der Waals surface area contributed by atoms with Crippen molar-refractivity contribution in [1.82, 2.24) is 15.6 Å². The molecule has 0 aliphatic heterocycles. The van der Waals surface area contributed by atoms with Gasteiger partial charge in [-0.05, 0) is 18.1 Å². The molecule has 2 N–H and O–H groups in total. The summed E-state index contributed by atoms with van der Waals surface area (Å²) in [6, 6.07) is 3.68. The van der Waals surface area contributed by atoms with Crippen molar-refractivity contribution in [2.75, 3.05) is 20.1 Å². The molecule has 8 heteroatoms. The van der Waals surface area contributed by atoms with Gasteiger partial charge in [0.05, 0.1) is 5.01 Å². The highest BCUT2D eigenvalue weighted by atomic mass is 127. The molecule has 0 aliphatic carbocycles. The highest BCUT2D eigenvalue weighted by Crippen LogP contribution is 2.19. The van der Waals surface area contributed by atoms with Crippen LogP contribution >= 0.6 is 35.3 Å². The van der Waals surface area contributed by atoms with Gasteiger partial charge in [-0.2, -0.15) is 0 Å². The smallest absolute Gasteiger partial charge is 0.191 e. The molecule has 0 saturated heterocycles. The zero-order valence-electron chi connectivity index (χ0n) is 15.2. The van der Waals surface area contributed by atoms with Gasteiger partial charge in [0.25, 0.3) is 0 Å². The molecule has 26 heavy (non-hydrogen) atoms. The Bertz CT molecular complexity index is 721. The molecule has 1 aromatic carbocycles. The Labute approximate surface area is 174 Å². The lowest BCUT2D eigenvalue weighted by molar-refractivity contribution is 0.556. The SMILES string of the molecule is CCc1cnc(CCNC(=NC)NCC(C)c2ccc(F)cc2F)s1.I. The molecule has 0 bridgehead atoms. The number of nitrogens with zero attached hydrogens (tertiary/aromatic N) is 2. The van der Waals surface area contributed by atoms with Crippen molar-refractivity contribution in [1.29, 1.82) is 0 Å². The maximum atomic E-state index is 13.8. The van der Waals surface area contributed by atoms with Gasteiger partial charge < -0.3 is 10.6 Å². The van der Waals surface area contributed by atoms with Crippen LogP contribution in [0, 0.1) is 11.6 Å². The molecule has 1 unspecified atom stereocenters. The average molecular weight is 494 g/mol. The predicted molar refractivity (Wildman–Crippen MR) is 115 cm³/mol. The van der Waals surface area contributed by atoms with Crippen molar-refractivity contribution in [2.45, 2.75) is 32.6 Å². The minimum Gasteiger partial charge on any atom is -0.356 e. The van der Waals surface area contributed by atoms with Gasteiger partial charge in [-0.3, -0.25) is 4.99 Å². The van der Waals surface area contributed by atoms with Crippen LogP contribution in [0.2, 0.25) is 0 Å². The number of nitrogens with one attached hydrogen (secondary N) is 2. The first-order valence-electron chi connectivity index (χ1n) is 8.36. The van der Waals surface area contributed by atoms with Crippen LogP contribution in [0.4, 0.5) is 8.78 Å². The van der Waals surface area contributed by atoms with E-state index in [1.807, 2.05) is 13.1 Å². The highest BCUT2D eigenvalue weighted by Gasteiger charge is 2.12. The van der Waals surface area contributed by atoms with Gasteiger partial charge in [-0.25, -0.2) is 13.8 Å². The monoisotopic (exact) mass is 494 g/mol. The molecular weight excluding hydrogens is 469 g/mol. The summed E-state index contributed by atoms with van der Waals surface area (Å²) in [6.45, 7) is 5.22. The number of aromatic nitrogens is 1. The van der Waals surface area contributed by atoms with Crippen LogP contribution in [-0.2, 0) is 12.8 Å². The van der Waals surface area contributed by atoms with Crippen LogP contribution < -0.4 is 10.6 Å². The van der Waals surface area contributed by atoms with Gasteiger partial charge in [-0.1, -0.05) is 19.9 Å². The maximum Gasteiger partial charge on any atom is 0.191 e. The number of hydrogen-bond donors (Lipinski definition) is 2. The van der Waals surface area contributed by atoms with Gasteiger partial charge >= 0.3 is 0 Å². The van der Waals surface area contributed by atoms with Crippen LogP contribution in [0.3, 0.4) is 0 Å². The van der Waals surface area contributed by atoms with E-state index in [2.05, 4.69) is 27.5 Å². The van der Waals surface area contributed by atoms with Gasteiger partial charge in [0, 0.05) is 49.6 Å². The summed E-state index contributed by atoms with van der Waals surface area (Å²) in [6.07, 6.45) is 3.76. The molecule has 0 amide bonds. The normalized spacial score (nSPS) is 12.4.